The number of rotatable bonds is 2. The molecule has 98 valence electrons. The number of hydrogen-bond acceptors (Lipinski definition) is 5. The molecule has 19 heavy (non-hydrogen) atoms. The van der Waals surface area contributed by atoms with Crippen molar-refractivity contribution in [2.45, 2.75) is 13.3 Å². The fraction of sp³-hybridized carbons (Fsp3) is 0.286. The normalized spacial score (nSPS) is 14.5. The minimum absolute atomic E-state index is 0.0584. The van der Waals surface area contributed by atoms with E-state index in [0.717, 1.165) is 29.5 Å². The van der Waals surface area contributed by atoms with Crippen molar-refractivity contribution in [2.75, 3.05) is 18.1 Å². The van der Waals surface area contributed by atoms with Crippen molar-refractivity contribution >= 4 is 27.9 Å². The maximum atomic E-state index is 11.4. The average Bonchev–Trinajstić information content (AvgIpc) is 2.80. The molecule has 0 aliphatic carbocycles. The third kappa shape index (κ3) is 2.33. The fourth-order valence-electron chi connectivity index (χ4n) is 2.08. The number of para-hydroxylation sites is 2. The Morgan fingerprint density at radius 1 is 1.42 bits per heavy atom. The Morgan fingerprint density at radius 3 is 3.05 bits per heavy atom. The lowest BCUT2D eigenvalue weighted by atomic mass is 10.2. The predicted molar refractivity (Wildman–Crippen MR) is 75.7 cm³/mol. The minimum atomic E-state index is 0.0584. The van der Waals surface area contributed by atoms with Crippen LogP contribution in [0.5, 0.6) is 5.75 Å². The van der Waals surface area contributed by atoms with Crippen LogP contribution in [0.4, 0.5) is 10.8 Å². The molecule has 5 heteroatoms. The number of carbonyl (C=O) groups excluding carboxylic acids is 1. The molecule has 0 N–H and O–H groups in total. The standard InChI is InChI=1S/C14H14N2O2S/c1-10(17)13-9-15-14(19-13)16-7-4-8-18-12-6-3-2-5-11(12)16/h2-3,5-6,9H,4,7-8H2,1H3. The van der Waals surface area contributed by atoms with E-state index >= 15 is 0 Å². The first-order valence-corrected chi connectivity index (χ1v) is 7.03. The van der Waals surface area contributed by atoms with Crippen LogP contribution in [0.3, 0.4) is 0 Å². The lowest BCUT2D eigenvalue weighted by molar-refractivity contribution is 0.102. The highest BCUT2D eigenvalue weighted by Gasteiger charge is 2.20. The maximum absolute atomic E-state index is 11.4. The second kappa shape index (κ2) is 5.01. The molecule has 1 aromatic carbocycles. The van der Waals surface area contributed by atoms with Gasteiger partial charge >= 0.3 is 0 Å². The van der Waals surface area contributed by atoms with Crippen LogP contribution in [-0.4, -0.2) is 23.9 Å². The highest BCUT2D eigenvalue weighted by Crippen LogP contribution is 2.37. The molecule has 0 spiro atoms. The molecule has 1 aliphatic heterocycles. The third-order valence-electron chi connectivity index (χ3n) is 3.01. The lowest BCUT2D eigenvalue weighted by Gasteiger charge is -2.20. The first kappa shape index (κ1) is 12.2. The Labute approximate surface area is 115 Å². The molecular weight excluding hydrogens is 260 g/mol. The van der Waals surface area contributed by atoms with Crippen LogP contribution >= 0.6 is 11.3 Å². The molecule has 0 bridgehead atoms. The van der Waals surface area contributed by atoms with Crippen molar-refractivity contribution in [1.82, 2.24) is 4.98 Å². The summed E-state index contributed by atoms with van der Waals surface area (Å²) < 4.78 is 5.72. The smallest absolute Gasteiger partial charge is 0.190 e. The van der Waals surface area contributed by atoms with Gasteiger partial charge in [0.05, 0.1) is 23.4 Å². The first-order chi connectivity index (χ1) is 9.25. The summed E-state index contributed by atoms with van der Waals surface area (Å²) in [6.07, 6.45) is 2.58. The molecule has 0 unspecified atom stereocenters. The molecular formula is C14H14N2O2S. The quantitative estimate of drug-likeness (QED) is 0.788. The molecule has 0 saturated carbocycles. The van der Waals surface area contributed by atoms with E-state index in [-0.39, 0.29) is 5.78 Å². The van der Waals surface area contributed by atoms with E-state index in [4.69, 9.17) is 4.74 Å². The number of hydrogen-bond donors (Lipinski definition) is 0. The van der Waals surface area contributed by atoms with E-state index in [0.29, 0.717) is 11.5 Å². The average molecular weight is 274 g/mol. The van der Waals surface area contributed by atoms with Gasteiger partial charge in [-0.2, -0.15) is 0 Å². The van der Waals surface area contributed by atoms with Gasteiger partial charge in [0, 0.05) is 13.5 Å². The van der Waals surface area contributed by atoms with Gasteiger partial charge in [0.25, 0.3) is 0 Å². The van der Waals surface area contributed by atoms with Crippen LogP contribution in [0.2, 0.25) is 0 Å². The van der Waals surface area contributed by atoms with Gasteiger partial charge in [-0.25, -0.2) is 4.98 Å². The van der Waals surface area contributed by atoms with Crippen molar-refractivity contribution in [2.24, 2.45) is 0 Å². The second-order valence-electron chi connectivity index (χ2n) is 4.38. The topological polar surface area (TPSA) is 42.4 Å². The van der Waals surface area contributed by atoms with Gasteiger partial charge in [-0.15, -0.1) is 0 Å². The molecule has 2 aromatic rings. The molecule has 0 fully saturated rings. The SMILES string of the molecule is CC(=O)c1cnc(N2CCCOc3ccccc32)s1. The molecule has 2 heterocycles. The second-order valence-corrected chi connectivity index (χ2v) is 5.39. The summed E-state index contributed by atoms with van der Waals surface area (Å²) >= 11 is 1.43. The Balaban J connectivity index is 2.01. The van der Waals surface area contributed by atoms with Crippen molar-refractivity contribution < 1.29 is 9.53 Å². The molecule has 0 amide bonds. The highest BCUT2D eigenvalue weighted by molar-refractivity contribution is 7.17. The largest absolute Gasteiger partial charge is 0.491 e. The first-order valence-electron chi connectivity index (χ1n) is 6.22. The van der Waals surface area contributed by atoms with Gasteiger partial charge in [-0.3, -0.25) is 4.79 Å². The van der Waals surface area contributed by atoms with Gasteiger partial charge in [0.1, 0.15) is 5.75 Å². The van der Waals surface area contributed by atoms with E-state index in [2.05, 4.69) is 9.88 Å². The molecule has 0 atom stereocenters. The molecule has 3 rings (SSSR count). The van der Waals surface area contributed by atoms with Gasteiger partial charge in [-0.05, 0) is 18.6 Å². The molecule has 0 saturated heterocycles. The van der Waals surface area contributed by atoms with Gasteiger partial charge < -0.3 is 9.64 Å². The number of anilines is 2. The third-order valence-corrected chi connectivity index (χ3v) is 4.13. The van der Waals surface area contributed by atoms with E-state index in [1.54, 1.807) is 13.1 Å². The number of ketones is 1. The summed E-state index contributed by atoms with van der Waals surface area (Å²) in [4.78, 5) is 18.6. The van der Waals surface area contributed by atoms with Crippen molar-refractivity contribution in [3.05, 3.63) is 35.3 Å². The Morgan fingerprint density at radius 2 is 2.26 bits per heavy atom. The van der Waals surface area contributed by atoms with Crippen molar-refractivity contribution in [3.63, 3.8) is 0 Å². The molecule has 0 radical (unpaired) electrons. The van der Waals surface area contributed by atoms with Crippen LogP contribution in [0.1, 0.15) is 23.0 Å². The Hall–Kier alpha value is -1.88. The fourth-order valence-corrected chi connectivity index (χ4v) is 2.93. The summed E-state index contributed by atoms with van der Waals surface area (Å²) in [7, 11) is 0. The van der Waals surface area contributed by atoms with Crippen LogP contribution in [0, 0.1) is 0 Å². The zero-order valence-electron chi connectivity index (χ0n) is 10.6. The number of nitrogens with zero attached hydrogens (tertiary/aromatic N) is 2. The van der Waals surface area contributed by atoms with E-state index in [9.17, 15) is 4.79 Å². The number of aromatic nitrogens is 1. The Kier molecular flexibility index (Phi) is 3.21. The number of thiazole rings is 1. The number of carbonyl (C=O) groups is 1. The maximum Gasteiger partial charge on any atom is 0.190 e. The number of Topliss-reactive ketones (excluding diaryl/α,β-unsaturated/α-hetero) is 1. The Bertz CT molecular complexity index is 609. The summed E-state index contributed by atoms with van der Waals surface area (Å²) in [5.41, 5.74) is 1.02. The number of fused-ring (bicyclic) bond motifs is 1. The van der Waals surface area contributed by atoms with Gasteiger partial charge in [-0.1, -0.05) is 23.5 Å². The number of benzene rings is 1. The highest BCUT2D eigenvalue weighted by atomic mass is 32.1. The molecule has 1 aromatic heterocycles. The van der Waals surface area contributed by atoms with E-state index < -0.39 is 0 Å². The van der Waals surface area contributed by atoms with Crippen molar-refractivity contribution in [3.8, 4) is 5.75 Å². The minimum Gasteiger partial charge on any atom is -0.491 e. The zero-order chi connectivity index (χ0) is 13.2. The van der Waals surface area contributed by atoms with Crippen LogP contribution in [0.15, 0.2) is 30.5 Å². The van der Waals surface area contributed by atoms with Crippen LogP contribution in [-0.2, 0) is 0 Å². The summed E-state index contributed by atoms with van der Waals surface area (Å²) in [5, 5.41) is 0.850. The van der Waals surface area contributed by atoms with Crippen molar-refractivity contribution in [1.29, 1.82) is 0 Å². The van der Waals surface area contributed by atoms with Gasteiger partial charge in [0.15, 0.2) is 10.9 Å². The summed E-state index contributed by atoms with van der Waals surface area (Å²) in [6.45, 7) is 3.12. The van der Waals surface area contributed by atoms with E-state index in [1.165, 1.54) is 11.3 Å². The summed E-state index contributed by atoms with van der Waals surface area (Å²) in [5.74, 6) is 0.933. The van der Waals surface area contributed by atoms with E-state index in [1.807, 2.05) is 24.3 Å². The number of ether oxygens (including phenoxy) is 1. The zero-order valence-corrected chi connectivity index (χ0v) is 11.4. The monoisotopic (exact) mass is 274 g/mol. The molecule has 4 nitrogen and oxygen atoms in total. The summed E-state index contributed by atoms with van der Waals surface area (Å²) in [6, 6.07) is 7.94. The predicted octanol–water partition coefficient (Wildman–Crippen LogP) is 3.27. The lowest BCUT2D eigenvalue weighted by Crippen LogP contribution is -2.17. The van der Waals surface area contributed by atoms with Gasteiger partial charge in [0.2, 0.25) is 0 Å². The van der Waals surface area contributed by atoms with Crippen LogP contribution < -0.4 is 9.64 Å². The van der Waals surface area contributed by atoms with Crippen LogP contribution in [0.25, 0.3) is 0 Å². The molecule has 1 aliphatic rings.